The quantitative estimate of drug-likeness (QED) is 0.398. The second-order valence-corrected chi connectivity index (χ2v) is 7.49. The Labute approximate surface area is 194 Å². The SMILES string of the molecule is O=C(CCc1nnc(-c2ccc(OCc3ccccc3F)cc2)[nH]c1=O)NCc1cccnc1. The second-order valence-electron chi connectivity index (χ2n) is 7.49. The summed E-state index contributed by atoms with van der Waals surface area (Å²) < 4.78 is 19.3. The summed E-state index contributed by atoms with van der Waals surface area (Å²) in [6.07, 6.45) is 3.63. The van der Waals surface area contributed by atoms with Gasteiger partial charge in [0.25, 0.3) is 5.56 Å². The van der Waals surface area contributed by atoms with Gasteiger partial charge in [-0.2, -0.15) is 0 Å². The monoisotopic (exact) mass is 459 g/mol. The van der Waals surface area contributed by atoms with E-state index in [9.17, 15) is 14.0 Å². The number of carbonyl (C=O) groups excluding carboxylic acids is 1. The van der Waals surface area contributed by atoms with Gasteiger partial charge in [-0.25, -0.2) is 4.39 Å². The highest BCUT2D eigenvalue weighted by molar-refractivity contribution is 5.76. The maximum absolute atomic E-state index is 13.7. The fourth-order valence-electron chi connectivity index (χ4n) is 3.16. The van der Waals surface area contributed by atoms with E-state index in [4.69, 9.17) is 4.74 Å². The van der Waals surface area contributed by atoms with Gasteiger partial charge in [-0.1, -0.05) is 24.3 Å². The second kappa shape index (κ2) is 11.0. The van der Waals surface area contributed by atoms with E-state index in [1.54, 1.807) is 60.9 Å². The Morgan fingerprint density at radius 2 is 1.85 bits per heavy atom. The van der Waals surface area contributed by atoms with Crippen LogP contribution in [0.15, 0.2) is 77.9 Å². The molecule has 8 nitrogen and oxygen atoms in total. The summed E-state index contributed by atoms with van der Waals surface area (Å²) in [4.78, 5) is 31.2. The van der Waals surface area contributed by atoms with Crippen molar-refractivity contribution in [3.8, 4) is 17.1 Å². The number of ether oxygens (including phenoxy) is 1. The van der Waals surface area contributed by atoms with Crippen LogP contribution in [0.3, 0.4) is 0 Å². The minimum absolute atomic E-state index is 0.104. The first-order valence-corrected chi connectivity index (χ1v) is 10.7. The Morgan fingerprint density at radius 3 is 2.59 bits per heavy atom. The molecule has 2 aromatic carbocycles. The molecule has 9 heteroatoms. The molecule has 0 unspecified atom stereocenters. The number of rotatable bonds is 9. The van der Waals surface area contributed by atoms with E-state index in [2.05, 4.69) is 25.5 Å². The Morgan fingerprint density at radius 1 is 1.03 bits per heavy atom. The van der Waals surface area contributed by atoms with Crippen molar-refractivity contribution in [3.05, 3.63) is 106 Å². The lowest BCUT2D eigenvalue weighted by molar-refractivity contribution is -0.121. The third kappa shape index (κ3) is 6.10. The normalized spacial score (nSPS) is 10.6. The number of amides is 1. The van der Waals surface area contributed by atoms with Crippen molar-refractivity contribution in [2.45, 2.75) is 26.0 Å². The first kappa shape index (κ1) is 22.8. The first-order valence-electron chi connectivity index (χ1n) is 10.7. The number of aromatic amines is 1. The number of nitrogens with zero attached hydrogens (tertiary/aromatic N) is 3. The standard InChI is InChI=1S/C25H22FN5O3/c26-21-6-2-1-5-19(21)16-34-20-9-7-18(8-10-20)24-29-25(33)22(30-31-24)11-12-23(32)28-15-17-4-3-13-27-14-17/h1-10,13-14H,11-12,15-16H2,(H,28,32)(H,29,31,33). The van der Waals surface area contributed by atoms with Crippen LogP contribution in [0.25, 0.3) is 11.4 Å². The topological polar surface area (TPSA) is 110 Å². The van der Waals surface area contributed by atoms with Crippen molar-refractivity contribution in [2.75, 3.05) is 0 Å². The minimum atomic E-state index is -0.398. The molecule has 2 aromatic heterocycles. The van der Waals surface area contributed by atoms with Gasteiger partial charge in [0.2, 0.25) is 5.91 Å². The van der Waals surface area contributed by atoms with E-state index >= 15 is 0 Å². The largest absolute Gasteiger partial charge is 0.489 e. The lowest BCUT2D eigenvalue weighted by Crippen LogP contribution is -2.25. The Kier molecular flexibility index (Phi) is 7.34. The highest BCUT2D eigenvalue weighted by Gasteiger charge is 2.10. The van der Waals surface area contributed by atoms with Crippen molar-refractivity contribution < 1.29 is 13.9 Å². The van der Waals surface area contributed by atoms with E-state index < -0.39 is 5.56 Å². The molecule has 0 saturated carbocycles. The zero-order chi connectivity index (χ0) is 23.8. The number of nitrogens with one attached hydrogen (secondary N) is 2. The van der Waals surface area contributed by atoms with Crippen molar-refractivity contribution in [2.24, 2.45) is 0 Å². The van der Waals surface area contributed by atoms with E-state index in [1.165, 1.54) is 6.07 Å². The molecule has 0 saturated heterocycles. The fraction of sp³-hybridized carbons (Fsp3) is 0.160. The van der Waals surface area contributed by atoms with Crippen molar-refractivity contribution >= 4 is 5.91 Å². The molecular formula is C25H22FN5O3. The van der Waals surface area contributed by atoms with Gasteiger partial charge < -0.3 is 15.0 Å². The molecule has 0 radical (unpaired) electrons. The number of halogens is 1. The highest BCUT2D eigenvalue weighted by atomic mass is 19.1. The highest BCUT2D eigenvalue weighted by Crippen LogP contribution is 2.20. The van der Waals surface area contributed by atoms with E-state index in [1.807, 2.05) is 6.07 Å². The van der Waals surface area contributed by atoms with Crippen LogP contribution in [0.1, 0.15) is 23.2 Å². The molecular weight excluding hydrogens is 437 g/mol. The molecule has 2 N–H and O–H groups in total. The summed E-state index contributed by atoms with van der Waals surface area (Å²) in [5.41, 5.74) is 1.78. The lowest BCUT2D eigenvalue weighted by atomic mass is 10.2. The third-order valence-corrected chi connectivity index (χ3v) is 5.05. The number of hydrogen-bond acceptors (Lipinski definition) is 6. The summed E-state index contributed by atoms with van der Waals surface area (Å²) in [5.74, 6) is 0.338. The summed E-state index contributed by atoms with van der Waals surface area (Å²) >= 11 is 0. The molecule has 0 fully saturated rings. The Balaban J connectivity index is 1.31. The molecule has 0 aliphatic heterocycles. The molecule has 0 aliphatic rings. The van der Waals surface area contributed by atoms with Crippen LogP contribution in [0.4, 0.5) is 4.39 Å². The van der Waals surface area contributed by atoms with Gasteiger partial charge in [-0.3, -0.25) is 14.6 Å². The van der Waals surface area contributed by atoms with Crippen LogP contribution in [-0.2, 0) is 24.4 Å². The van der Waals surface area contributed by atoms with Gasteiger partial charge in [-0.15, -0.1) is 10.2 Å². The molecule has 34 heavy (non-hydrogen) atoms. The van der Waals surface area contributed by atoms with Gasteiger partial charge in [0.05, 0.1) is 0 Å². The minimum Gasteiger partial charge on any atom is -0.489 e. The Bertz CT molecular complexity index is 1310. The number of aromatic nitrogens is 4. The van der Waals surface area contributed by atoms with Crippen LogP contribution in [0.2, 0.25) is 0 Å². The zero-order valence-corrected chi connectivity index (χ0v) is 18.2. The molecule has 0 aliphatic carbocycles. The Hall–Kier alpha value is -4.40. The number of benzene rings is 2. The molecule has 4 rings (SSSR count). The molecule has 2 heterocycles. The number of H-pyrrole nitrogens is 1. The summed E-state index contributed by atoms with van der Waals surface area (Å²) in [7, 11) is 0. The number of carbonyl (C=O) groups is 1. The summed E-state index contributed by atoms with van der Waals surface area (Å²) in [6, 6.07) is 16.9. The van der Waals surface area contributed by atoms with Crippen LogP contribution >= 0.6 is 0 Å². The molecule has 0 bridgehead atoms. The average Bonchev–Trinajstić information content (AvgIpc) is 2.87. The van der Waals surface area contributed by atoms with E-state index in [0.29, 0.717) is 29.2 Å². The van der Waals surface area contributed by atoms with Crippen LogP contribution < -0.4 is 15.6 Å². The lowest BCUT2D eigenvalue weighted by Gasteiger charge is -2.08. The molecule has 0 spiro atoms. The maximum Gasteiger partial charge on any atom is 0.273 e. The van der Waals surface area contributed by atoms with Gasteiger partial charge in [0.1, 0.15) is 23.9 Å². The number of pyridine rings is 1. The molecule has 172 valence electrons. The molecule has 4 aromatic rings. The van der Waals surface area contributed by atoms with Gasteiger partial charge >= 0.3 is 0 Å². The van der Waals surface area contributed by atoms with Crippen molar-refractivity contribution in [3.63, 3.8) is 0 Å². The number of aryl methyl sites for hydroxylation is 1. The third-order valence-electron chi connectivity index (χ3n) is 5.05. The predicted molar refractivity (Wildman–Crippen MR) is 123 cm³/mol. The molecule has 0 atom stereocenters. The number of hydrogen-bond donors (Lipinski definition) is 2. The maximum atomic E-state index is 13.7. The van der Waals surface area contributed by atoms with Gasteiger partial charge in [-0.05, 0) is 42.0 Å². The summed E-state index contributed by atoms with van der Waals surface area (Å²) in [6.45, 7) is 0.473. The van der Waals surface area contributed by atoms with Gasteiger partial charge in [0.15, 0.2) is 5.82 Å². The average molecular weight is 459 g/mol. The zero-order valence-electron chi connectivity index (χ0n) is 18.2. The smallest absolute Gasteiger partial charge is 0.273 e. The van der Waals surface area contributed by atoms with Crippen molar-refractivity contribution in [1.82, 2.24) is 25.5 Å². The predicted octanol–water partition coefficient (Wildman–Crippen LogP) is 3.19. The van der Waals surface area contributed by atoms with Crippen LogP contribution in [-0.4, -0.2) is 26.1 Å². The fourth-order valence-corrected chi connectivity index (χ4v) is 3.16. The van der Waals surface area contributed by atoms with Crippen LogP contribution in [0.5, 0.6) is 5.75 Å². The summed E-state index contributed by atoms with van der Waals surface area (Å²) in [5, 5.41) is 10.9. The van der Waals surface area contributed by atoms with Crippen molar-refractivity contribution in [1.29, 1.82) is 0 Å². The van der Waals surface area contributed by atoms with Gasteiger partial charge in [0, 0.05) is 42.9 Å². The first-order chi connectivity index (χ1) is 16.6. The van der Waals surface area contributed by atoms with Crippen LogP contribution in [0, 0.1) is 5.82 Å². The van der Waals surface area contributed by atoms with E-state index in [0.717, 1.165) is 5.56 Å². The molecule has 1 amide bonds. The van der Waals surface area contributed by atoms with E-state index in [-0.39, 0.29) is 36.9 Å².